The third kappa shape index (κ3) is 16.0. The van der Waals surface area contributed by atoms with Gasteiger partial charge >= 0.3 is 0 Å². The van der Waals surface area contributed by atoms with Crippen LogP contribution in [0.3, 0.4) is 0 Å². The Bertz CT molecular complexity index is 81.0. The molecule has 0 aliphatic heterocycles. The lowest BCUT2D eigenvalue weighted by Gasteiger charge is -2.05. The van der Waals surface area contributed by atoms with Gasteiger partial charge in [-0.15, -0.1) is 0 Å². The predicted octanol–water partition coefficient (Wildman–Crippen LogP) is 7.27. The van der Waals surface area contributed by atoms with Crippen LogP contribution in [0.1, 0.15) is 117 Å². The largest absolute Gasteiger partial charge is 0.0654 e. The van der Waals surface area contributed by atoms with Crippen molar-refractivity contribution >= 4 is 0 Å². The molecule has 0 unspecified atom stereocenters. The number of hydrogen-bond acceptors (Lipinski definition) is 0. The minimum Gasteiger partial charge on any atom is -0.0654 e. The zero-order valence-electron chi connectivity index (χ0n) is 13.3. The molecule has 2 saturated carbocycles. The van der Waals surface area contributed by atoms with Gasteiger partial charge in [-0.05, 0) is 0 Å². The lowest BCUT2D eigenvalue weighted by Crippen LogP contribution is -1.85. The van der Waals surface area contributed by atoms with Crippen molar-refractivity contribution in [1.82, 2.24) is 0 Å². The zero-order chi connectivity index (χ0) is 13.3. The van der Waals surface area contributed by atoms with Crippen LogP contribution in [0.4, 0.5) is 0 Å². The fourth-order valence-electron chi connectivity index (χ4n) is 2.62. The summed E-state index contributed by atoms with van der Waals surface area (Å²) >= 11 is 0. The standard InChI is InChI=1S/2C6H12.C6H14/c2*1-2-4-6-5-3-1;1-3-5-6-4-2/h2*1-6H2;3-6H2,1-2H3. The Morgan fingerprint density at radius 2 is 0.556 bits per heavy atom. The summed E-state index contributed by atoms with van der Waals surface area (Å²) in [5.41, 5.74) is 0. The molecule has 0 N–H and O–H groups in total. The molecular formula is C18H38. The second-order valence-corrected chi connectivity index (χ2v) is 5.95. The molecule has 0 bridgehead atoms. The van der Waals surface area contributed by atoms with E-state index in [1.807, 2.05) is 0 Å². The Hall–Kier alpha value is 0. The highest BCUT2D eigenvalue weighted by Crippen LogP contribution is 2.15. The maximum absolute atomic E-state index is 2.23. The lowest BCUT2D eigenvalue weighted by atomic mass is 10.0. The van der Waals surface area contributed by atoms with Crippen LogP contribution in [-0.4, -0.2) is 0 Å². The molecule has 2 rings (SSSR count). The van der Waals surface area contributed by atoms with Crippen LogP contribution in [-0.2, 0) is 0 Å². The molecule has 0 nitrogen and oxygen atoms in total. The van der Waals surface area contributed by atoms with Crippen LogP contribution < -0.4 is 0 Å². The van der Waals surface area contributed by atoms with E-state index in [2.05, 4.69) is 13.8 Å². The molecule has 0 amide bonds. The Labute approximate surface area is 117 Å². The molecule has 2 fully saturated rings. The van der Waals surface area contributed by atoms with E-state index in [9.17, 15) is 0 Å². The third-order valence-corrected chi connectivity index (χ3v) is 3.96. The van der Waals surface area contributed by atoms with E-state index in [1.165, 1.54) is 103 Å². The van der Waals surface area contributed by atoms with Crippen molar-refractivity contribution in [1.29, 1.82) is 0 Å². The molecule has 2 aliphatic carbocycles. The second-order valence-electron chi connectivity index (χ2n) is 5.95. The van der Waals surface area contributed by atoms with Gasteiger partial charge in [0, 0.05) is 0 Å². The van der Waals surface area contributed by atoms with Gasteiger partial charge in [-0.3, -0.25) is 0 Å². The van der Waals surface area contributed by atoms with Crippen molar-refractivity contribution in [3.63, 3.8) is 0 Å². The third-order valence-electron chi connectivity index (χ3n) is 3.96. The molecule has 0 aromatic heterocycles. The summed E-state index contributed by atoms with van der Waals surface area (Å²) in [6, 6.07) is 0. The first kappa shape index (κ1) is 18.0. The number of unbranched alkanes of at least 4 members (excludes halogenated alkanes) is 3. The average molecular weight is 255 g/mol. The summed E-state index contributed by atoms with van der Waals surface area (Å²) in [7, 11) is 0. The van der Waals surface area contributed by atoms with Crippen molar-refractivity contribution in [3.8, 4) is 0 Å². The van der Waals surface area contributed by atoms with Crippen LogP contribution in [0, 0.1) is 0 Å². The lowest BCUT2D eigenvalue weighted by molar-refractivity contribution is 0.504. The van der Waals surface area contributed by atoms with Crippen molar-refractivity contribution in [2.24, 2.45) is 0 Å². The normalized spacial score (nSPS) is 19.0. The van der Waals surface area contributed by atoms with Crippen molar-refractivity contribution < 1.29 is 0 Å². The first-order valence-corrected chi connectivity index (χ1v) is 8.91. The van der Waals surface area contributed by atoms with E-state index in [0.29, 0.717) is 0 Å². The zero-order valence-corrected chi connectivity index (χ0v) is 13.3. The smallest absolute Gasteiger partial charge is 0.0533 e. The Balaban J connectivity index is 0.000000241. The van der Waals surface area contributed by atoms with Crippen molar-refractivity contribution in [2.45, 2.75) is 117 Å². The summed E-state index contributed by atoms with van der Waals surface area (Å²) in [5.74, 6) is 0. The van der Waals surface area contributed by atoms with E-state index in [0.717, 1.165) is 0 Å². The second kappa shape index (κ2) is 17.0. The molecular weight excluding hydrogens is 216 g/mol. The van der Waals surface area contributed by atoms with Gasteiger partial charge in [0.25, 0.3) is 0 Å². The van der Waals surface area contributed by atoms with Crippen molar-refractivity contribution in [3.05, 3.63) is 0 Å². The molecule has 0 heteroatoms. The van der Waals surface area contributed by atoms with Gasteiger partial charge in [-0.25, -0.2) is 0 Å². The van der Waals surface area contributed by atoms with Gasteiger partial charge in [-0.2, -0.15) is 0 Å². The summed E-state index contributed by atoms with van der Waals surface area (Å²) in [4.78, 5) is 0. The van der Waals surface area contributed by atoms with Crippen LogP contribution in [0.2, 0.25) is 0 Å². The molecule has 18 heavy (non-hydrogen) atoms. The molecule has 0 spiro atoms. The van der Waals surface area contributed by atoms with Crippen molar-refractivity contribution in [2.75, 3.05) is 0 Å². The Morgan fingerprint density at radius 1 is 0.389 bits per heavy atom. The number of rotatable bonds is 3. The molecule has 2 aliphatic rings. The summed E-state index contributed by atoms with van der Waals surface area (Å²) < 4.78 is 0. The molecule has 0 atom stereocenters. The molecule has 0 saturated heterocycles. The summed E-state index contributed by atoms with van der Waals surface area (Å²) in [6.45, 7) is 4.46. The van der Waals surface area contributed by atoms with Gasteiger partial charge < -0.3 is 0 Å². The van der Waals surface area contributed by atoms with Gasteiger partial charge in [0.15, 0.2) is 0 Å². The quantitative estimate of drug-likeness (QED) is 0.465. The van der Waals surface area contributed by atoms with E-state index >= 15 is 0 Å². The Morgan fingerprint density at radius 3 is 0.667 bits per heavy atom. The highest BCUT2D eigenvalue weighted by Gasteiger charge is 1.96. The van der Waals surface area contributed by atoms with Gasteiger partial charge in [-0.1, -0.05) is 117 Å². The van der Waals surface area contributed by atoms with E-state index in [4.69, 9.17) is 0 Å². The number of hydrogen-bond donors (Lipinski definition) is 0. The monoisotopic (exact) mass is 254 g/mol. The minimum atomic E-state index is 1.36. The van der Waals surface area contributed by atoms with E-state index < -0.39 is 0 Å². The predicted molar refractivity (Wildman–Crippen MR) is 85.2 cm³/mol. The van der Waals surface area contributed by atoms with Gasteiger partial charge in [0.05, 0.1) is 0 Å². The van der Waals surface area contributed by atoms with Crippen LogP contribution in [0.5, 0.6) is 0 Å². The van der Waals surface area contributed by atoms with Gasteiger partial charge in [0.1, 0.15) is 0 Å². The minimum absolute atomic E-state index is 1.36. The Kier molecular flexibility index (Phi) is 17.0. The van der Waals surface area contributed by atoms with E-state index in [-0.39, 0.29) is 0 Å². The molecule has 0 radical (unpaired) electrons. The first-order chi connectivity index (χ1) is 8.91. The summed E-state index contributed by atoms with van der Waals surface area (Å²) in [5, 5.41) is 0. The molecule has 0 heterocycles. The van der Waals surface area contributed by atoms with E-state index in [1.54, 1.807) is 0 Å². The van der Waals surface area contributed by atoms with Crippen LogP contribution in [0.15, 0.2) is 0 Å². The first-order valence-electron chi connectivity index (χ1n) is 8.91. The average Bonchev–Trinajstić information content (AvgIpc) is 2.50. The molecule has 110 valence electrons. The fourth-order valence-corrected chi connectivity index (χ4v) is 2.62. The maximum atomic E-state index is 2.23. The highest BCUT2D eigenvalue weighted by atomic mass is 14.0. The highest BCUT2D eigenvalue weighted by molar-refractivity contribution is 4.51. The van der Waals surface area contributed by atoms with Crippen LogP contribution in [0.25, 0.3) is 0 Å². The molecule has 0 aromatic carbocycles. The van der Waals surface area contributed by atoms with Gasteiger partial charge in [0.2, 0.25) is 0 Å². The molecule has 0 aromatic rings. The fraction of sp³-hybridized carbons (Fsp3) is 1.00. The summed E-state index contributed by atoms with van der Waals surface area (Å²) in [6.07, 6.45) is 23.5. The maximum Gasteiger partial charge on any atom is -0.0533 e. The SMILES string of the molecule is C1CCCCC1.C1CCCCC1.CCCCCC. The topological polar surface area (TPSA) is 0 Å². The van der Waals surface area contributed by atoms with Crippen LogP contribution >= 0.6 is 0 Å².